The molecule has 3 rings (SSSR count). The van der Waals surface area contributed by atoms with Crippen molar-refractivity contribution in [3.63, 3.8) is 0 Å². The Hall–Kier alpha value is -2.69. The van der Waals surface area contributed by atoms with Crippen LogP contribution in [0.25, 0.3) is 10.8 Å². The van der Waals surface area contributed by atoms with Gasteiger partial charge in [0, 0.05) is 41.6 Å². The van der Waals surface area contributed by atoms with Crippen molar-refractivity contribution in [2.24, 2.45) is 0 Å². The lowest BCUT2D eigenvalue weighted by atomic mass is 10.1. The molecule has 0 radical (unpaired) electrons. The van der Waals surface area contributed by atoms with Crippen molar-refractivity contribution in [3.05, 3.63) is 48.9 Å². The predicted molar refractivity (Wildman–Crippen MR) is 85.8 cm³/mol. The number of benzene rings is 1. The second-order valence-electron chi connectivity index (χ2n) is 4.72. The lowest BCUT2D eigenvalue weighted by molar-refractivity contribution is 0.953. The first-order valence-electron chi connectivity index (χ1n) is 7.03. The van der Waals surface area contributed by atoms with Gasteiger partial charge in [0.25, 0.3) is 0 Å². The van der Waals surface area contributed by atoms with Crippen molar-refractivity contribution in [1.29, 1.82) is 0 Å². The van der Waals surface area contributed by atoms with E-state index in [0.29, 0.717) is 5.95 Å². The second kappa shape index (κ2) is 6.17. The highest BCUT2D eigenvalue weighted by molar-refractivity contribution is 5.94. The topological polar surface area (TPSA) is 62.7 Å². The summed E-state index contributed by atoms with van der Waals surface area (Å²) < 4.78 is 0. The Balaban J connectivity index is 1.88. The minimum Gasteiger partial charge on any atom is -0.354 e. The van der Waals surface area contributed by atoms with Crippen LogP contribution >= 0.6 is 0 Å². The first-order chi connectivity index (χ1) is 10.4. The summed E-state index contributed by atoms with van der Waals surface area (Å²) >= 11 is 0. The Labute approximate surface area is 123 Å². The number of rotatable bonds is 5. The van der Waals surface area contributed by atoms with Crippen LogP contribution in [-0.4, -0.2) is 21.5 Å². The Morgan fingerprint density at radius 2 is 2.05 bits per heavy atom. The molecule has 1 aromatic carbocycles. The summed E-state index contributed by atoms with van der Waals surface area (Å²) in [5, 5.41) is 8.75. The average molecular weight is 279 g/mol. The molecular formula is C16H17N5. The van der Waals surface area contributed by atoms with Crippen LogP contribution in [0.5, 0.6) is 0 Å². The van der Waals surface area contributed by atoms with E-state index in [1.807, 2.05) is 36.5 Å². The zero-order valence-electron chi connectivity index (χ0n) is 11.9. The summed E-state index contributed by atoms with van der Waals surface area (Å²) in [5.41, 5.74) is 1.01. The van der Waals surface area contributed by atoms with Crippen molar-refractivity contribution in [2.75, 3.05) is 17.2 Å². The van der Waals surface area contributed by atoms with Crippen LogP contribution in [-0.2, 0) is 0 Å². The fourth-order valence-corrected chi connectivity index (χ4v) is 2.12. The quantitative estimate of drug-likeness (QED) is 0.747. The van der Waals surface area contributed by atoms with E-state index in [-0.39, 0.29) is 0 Å². The van der Waals surface area contributed by atoms with Gasteiger partial charge in [-0.1, -0.05) is 19.1 Å². The van der Waals surface area contributed by atoms with Gasteiger partial charge >= 0.3 is 0 Å². The molecule has 0 saturated heterocycles. The van der Waals surface area contributed by atoms with E-state index >= 15 is 0 Å². The highest BCUT2D eigenvalue weighted by atomic mass is 15.1. The lowest BCUT2D eigenvalue weighted by Gasteiger charge is -2.10. The number of nitrogens with one attached hydrogen (secondary N) is 2. The van der Waals surface area contributed by atoms with E-state index in [0.717, 1.165) is 35.2 Å². The summed E-state index contributed by atoms with van der Waals surface area (Å²) in [6.45, 7) is 2.97. The summed E-state index contributed by atoms with van der Waals surface area (Å²) in [5.74, 6) is 1.41. The van der Waals surface area contributed by atoms with Gasteiger partial charge < -0.3 is 10.6 Å². The Morgan fingerprint density at radius 3 is 2.95 bits per heavy atom. The molecule has 2 aromatic heterocycles. The normalized spacial score (nSPS) is 10.5. The number of pyridine rings is 1. The smallest absolute Gasteiger partial charge is 0.224 e. The standard InChI is InChI=1S/C16H17N5/c1-2-8-18-16-19-10-7-15(21-16)20-14-5-3-4-12-11-17-9-6-13(12)14/h3-7,9-11H,2,8H2,1H3,(H2,18,19,20,21). The lowest BCUT2D eigenvalue weighted by Crippen LogP contribution is -2.05. The van der Waals surface area contributed by atoms with Crippen molar-refractivity contribution in [1.82, 2.24) is 15.0 Å². The fraction of sp³-hybridized carbons (Fsp3) is 0.188. The minimum atomic E-state index is 0.642. The molecule has 0 aliphatic carbocycles. The first-order valence-corrected chi connectivity index (χ1v) is 7.03. The van der Waals surface area contributed by atoms with Crippen LogP contribution in [0.15, 0.2) is 48.9 Å². The third kappa shape index (κ3) is 3.08. The van der Waals surface area contributed by atoms with Crippen LogP contribution in [0, 0.1) is 0 Å². The Morgan fingerprint density at radius 1 is 1.10 bits per heavy atom. The number of fused-ring (bicyclic) bond motifs is 1. The van der Waals surface area contributed by atoms with Gasteiger partial charge in [-0.15, -0.1) is 0 Å². The largest absolute Gasteiger partial charge is 0.354 e. The summed E-state index contributed by atoms with van der Waals surface area (Å²) in [6, 6.07) is 9.93. The minimum absolute atomic E-state index is 0.642. The molecular weight excluding hydrogens is 262 g/mol. The predicted octanol–water partition coefficient (Wildman–Crippen LogP) is 3.59. The summed E-state index contributed by atoms with van der Waals surface area (Å²) in [4.78, 5) is 12.8. The molecule has 0 aliphatic rings. The number of aromatic nitrogens is 3. The van der Waals surface area contributed by atoms with Gasteiger partial charge in [0.05, 0.1) is 0 Å². The van der Waals surface area contributed by atoms with Gasteiger partial charge in [0.2, 0.25) is 5.95 Å². The average Bonchev–Trinajstić information content (AvgIpc) is 2.54. The molecule has 0 fully saturated rings. The zero-order valence-corrected chi connectivity index (χ0v) is 11.9. The molecule has 0 amide bonds. The van der Waals surface area contributed by atoms with Crippen LogP contribution in [0.1, 0.15) is 13.3 Å². The monoisotopic (exact) mass is 279 g/mol. The highest BCUT2D eigenvalue weighted by Crippen LogP contribution is 2.25. The summed E-state index contributed by atoms with van der Waals surface area (Å²) in [7, 11) is 0. The third-order valence-corrected chi connectivity index (χ3v) is 3.13. The highest BCUT2D eigenvalue weighted by Gasteiger charge is 2.03. The van der Waals surface area contributed by atoms with Gasteiger partial charge in [-0.05, 0) is 24.6 Å². The van der Waals surface area contributed by atoms with Crippen molar-refractivity contribution in [2.45, 2.75) is 13.3 Å². The van der Waals surface area contributed by atoms with E-state index < -0.39 is 0 Å². The molecule has 5 heteroatoms. The van der Waals surface area contributed by atoms with Crippen LogP contribution < -0.4 is 10.6 Å². The van der Waals surface area contributed by atoms with E-state index in [4.69, 9.17) is 0 Å². The van der Waals surface area contributed by atoms with E-state index in [1.54, 1.807) is 12.4 Å². The van der Waals surface area contributed by atoms with Crippen molar-refractivity contribution < 1.29 is 0 Å². The first kappa shape index (κ1) is 13.3. The summed E-state index contributed by atoms with van der Waals surface area (Å²) in [6.07, 6.45) is 6.44. The van der Waals surface area contributed by atoms with Gasteiger partial charge in [0.15, 0.2) is 0 Å². The molecule has 0 atom stereocenters. The number of nitrogens with zero attached hydrogens (tertiary/aromatic N) is 3. The fourth-order valence-electron chi connectivity index (χ4n) is 2.12. The van der Waals surface area contributed by atoms with Crippen molar-refractivity contribution in [3.8, 4) is 0 Å². The Bertz CT molecular complexity index is 736. The molecule has 21 heavy (non-hydrogen) atoms. The SMILES string of the molecule is CCCNc1nccc(Nc2cccc3cnccc23)n1. The van der Waals surface area contributed by atoms with Crippen LogP contribution in [0.2, 0.25) is 0 Å². The maximum Gasteiger partial charge on any atom is 0.224 e. The molecule has 0 aliphatic heterocycles. The second-order valence-corrected chi connectivity index (χ2v) is 4.72. The maximum atomic E-state index is 4.46. The van der Waals surface area contributed by atoms with Crippen LogP contribution in [0.3, 0.4) is 0 Å². The molecule has 0 unspecified atom stereocenters. The van der Waals surface area contributed by atoms with E-state index in [9.17, 15) is 0 Å². The Kier molecular flexibility index (Phi) is 3.91. The molecule has 2 heterocycles. The maximum absolute atomic E-state index is 4.46. The number of anilines is 3. The molecule has 106 valence electrons. The zero-order chi connectivity index (χ0) is 14.5. The van der Waals surface area contributed by atoms with Crippen LogP contribution in [0.4, 0.5) is 17.5 Å². The third-order valence-electron chi connectivity index (χ3n) is 3.13. The van der Waals surface area contributed by atoms with E-state index in [1.165, 1.54) is 0 Å². The van der Waals surface area contributed by atoms with Crippen molar-refractivity contribution >= 4 is 28.2 Å². The van der Waals surface area contributed by atoms with Gasteiger partial charge in [-0.25, -0.2) is 4.98 Å². The van der Waals surface area contributed by atoms with Gasteiger partial charge in [0.1, 0.15) is 5.82 Å². The molecule has 3 aromatic rings. The molecule has 2 N–H and O–H groups in total. The molecule has 0 bridgehead atoms. The molecule has 0 saturated carbocycles. The number of hydrogen-bond donors (Lipinski definition) is 2. The number of hydrogen-bond acceptors (Lipinski definition) is 5. The van der Waals surface area contributed by atoms with Gasteiger partial charge in [-0.2, -0.15) is 4.98 Å². The van der Waals surface area contributed by atoms with E-state index in [2.05, 4.69) is 32.5 Å². The molecule has 0 spiro atoms. The van der Waals surface area contributed by atoms with Gasteiger partial charge in [-0.3, -0.25) is 4.98 Å². The molecule has 5 nitrogen and oxygen atoms in total.